The SMILES string of the molecule is CCc1ccc(NC(=O)C2CC(=O)N(c3ccc(Cl)cc3C)C2)cc1. The van der Waals surface area contributed by atoms with Crippen LogP contribution in [0.15, 0.2) is 42.5 Å². The number of carbonyl (C=O) groups excluding carboxylic acids is 2. The normalized spacial score (nSPS) is 17.0. The average molecular weight is 357 g/mol. The van der Waals surface area contributed by atoms with Crippen molar-refractivity contribution in [2.75, 3.05) is 16.8 Å². The van der Waals surface area contributed by atoms with Gasteiger partial charge in [-0.15, -0.1) is 0 Å². The summed E-state index contributed by atoms with van der Waals surface area (Å²) in [6, 6.07) is 13.2. The Kier molecular flexibility index (Phi) is 5.09. The second kappa shape index (κ2) is 7.28. The average Bonchev–Trinajstić information content (AvgIpc) is 2.97. The van der Waals surface area contributed by atoms with E-state index in [0.717, 1.165) is 23.4 Å². The standard InChI is InChI=1S/C20H21ClN2O2/c1-3-14-4-7-17(8-5-14)22-20(25)15-11-19(24)23(12-15)18-9-6-16(21)10-13(18)2/h4-10,15H,3,11-12H2,1-2H3,(H,22,25). The highest BCUT2D eigenvalue weighted by Crippen LogP contribution is 2.30. The molecule has 1 aliphatic rings. The van der Waals surface area contributed by atoms with E-state index < -0.39 is 0 Å². The van der Waals surface area contributed by atoms with Crippen LogP contribution < -0.4 is 10.2 Å². The van der Waals surface area contributed by atoms with Gasteiger partial charge in [0, 0.05) is 29.4 Å². The third kappa shape index (κ3) is 3.85. The minimum Gasteiger partial charge on any atom is -0.326 e. The van der Waals surface area contributed by atoms with Crippen LogP contribution in [0.25, 0.3) is 0 Å². The van der Waals surface area contributed by atoms with Crippen LogP contribution in [0.5, 0.6) is 0 Å². The molecule has 1 heterocycles. The minimum atomic E-state index is -0.353. The summed E-state index contributed by atoms with van der Waals surface area (Å²) in [5.41, 5.74) is 3.73. The van der Waals surface area contributed by atoms with Crippen LogP contribution in [0.4, 0.5) is 11.4 Å². The molecule has 2 amide bonds. The largest absolute Gasteiger partial charge is 0.326 e. The molecule has 1 N–H and O–H groups in total. The Morgan fingerprint density at radius 2 is 1.96 bits per heavy atom. The van der Waals surface area contributed by atoms with Crippen molar-refractivity contribution >= 4 is 34.8 Å². The maximum Gasteiger partial charge on any atom is 0.229 e. The molecule has 0 radical (unpaired) electrons. The van der Waals surface area contributed by atoms with E-state index in [1.54, 1.807) is 11.0 Å². The summed E-state index contributed by atoms with van der Waals surface area (Å²) in [6.07, 6.45) is 1.18. The van der Waals surface area contributed by atoms with E-state index in [1.165, 1.54) is 5.56 Å². The molecule has 2 aromatic rings. The van der Waals surface area contributed by atoms with Gasteiger partial charge in [-0.2, -0.15) is 0 Å². The summed E-state index contributed by atoms with van der Waals surface area (Å²) in [7, 11) is 0. The Hall–Kier alpha value is -2.33. The van der Waals surface area contributed by atoms with E-state index in [2.05, 4.69) is 12.2 Å². The fourth-order valence-corrected chi connectivity index (χ4v) is 3.33. The molecule has 1 unspecified atom stereocenters. The van der Waals surface area contributed by atoms with E-state index in [0.29, 0.717) is 11.6 Å². The van der Waals surface area contributed by atoms with Gasteiger partial charge in [-0.25, -0.2) is 0 Å². The van der Waals surface area contributed by atoms with Crippen molar-refractivity contribution < 1.29 is 9.59 Å². The zero-order valence-electron chi connectivity index (χ0n) is 14.4. The summed E-state index contributed by atoms with van der Waals surface area (Å²) in [4.78, 5) is 26.6. The maximum absolute atomic E-state index is 12.5. The quantitative estimate of drug-likeness (QED) is 0.892. The molecule has 4 nitrogen and oxygen atoms in total. The first-order valence-corrected chi connectivity index (χ1v) is 8.82. The molecule has 1 atom stereocenters. The first kappa shape index (κ1) is 17.5. The smallest absolute Gasteiger partial charge is 0.229 e. The number of amides is 2. The van der Waals surface area contributed by atoms with E-state index >= 15 is 0 Å². The third-order valence-electron chi connectivity index (χ3n) is 4.58. The van der Waals surface area contributed by atoms with Crippen LogP contribution in [0.2, 0.25) is 5.02 Å². The van der Waals surface area contributed by atoms with Crippen molar-refractivity contribution in [1.82, 2.24) is 0 Å². The van der Waals surface area contributed by atoms with Crippen LogP contribution >= 0.6 is 11.6 Å². The Balaban J connectivity index is 1.69. The topological polar surface area (TPSA) is 49.4 Å². The lowest BCUT2D eigenvalue weighted by atomic mass is 10.1. The minimum absolute atomic E-state index is 0.0353. The molecular formula is C20H21ClN2O2. The molecule has 0 saturated carbocycles. The number of anilines is 2. The number of carbonyl (C=O) groups is 2. The lowest BCUT2D eigenvalue weighted by Gasteiger charge is -2.19. The van der Waals surface area contributed by atoms with Gasteiger partial charge in [0.2, 0.25) is 11.8 Å². The zero-order chi connectivity index (χ0) is 18.0. The predicted molar refractivity (Wildman–Crippen MR) is 101 cm³/mol. The molecule has 3 rings (SSSR count). The molecule has 5 heteroatoms. The van der Waals surface area contributed by atoms with Crippen molar-refractivity contribution in [3.05, 3.63) is 58.6 Å². The highest BCUT2D eigenvalue weighted by Gasteiger charge is 2.35. The lowest BCUT2D eigenvalue weighted by Crippen LogP contribution is -2.28. The van der Waals surface area contributed by atoms with Gasteiger partial charge in [-0.3, -0.25) is 9.59 Å². The van der Waals surface area contributed by atoms with Gasteiger partial charge in [0.05, 0.1) is 5.92 Å². The molecule has 130 valence electrons. The summed E-state index contributed by atoms with van der Waals surface area (Å²) in [5, 5.41) is 3.55. The van der Waals surface area contributed by atoms with Crippen molar-refractivity contribution in [3.63, 3.8) is 0 Å². The number of nitrogens with zero attached hydrogens (tertiary/aromatic N) is 1. The third-order valence-corrected chi connectivity index (χ3v) is 4.81. The van der Waals surface area contributed by atoms with E-state index in [4.69, 9.17) is 11.6 Å². The summed E-state index contributed by atoms with van der Waals surface area (Å²) in [6.45, 7) is 4.39. The number of hydrogen-bond acceptors (Lipinski definition) is 2. The zero-order valence-corrected chi connectivity index (χ0v) is 15.1. The van der Waals surface area contributed by atoms with Gasteiger partial charge in [-0.1, -0.05) is 30.7 Å². The molecule has 25 heavy (non-hydrogen) atoms. The van der Waals surface area contributed by atoms with Gasteiger partial charge in [-0.05, 0) is 54.8 Å². The van der Waals surface area contributed by atoms with Gasteiger partial charge < -0.3 is 10.2 Å². The van der Waals surface area contributed by atoms with Crippen LogP contribution in [-0.2, 0) is 16.0 Å². The number of aryl methyl sites for hydroxylation is 2. The first-order chi connectivity index (χ1) is 12.0. The first-order valence-electron chi connectivity index (χ1n) is 8.44. The molecule has 0 spiro atoms. The molecule has 0 bridgehead atoms. The van der Waals surface area contributed by atoms with Crippen LogP contribution in [0.3, 0.4) is 0 Å². The molecular weight excluding hydrogens is 336 g/mol. The summed E-state index contributed by atoms with van der Waals surface area (Å²) >= 11 is 5.98. The molecule has 1 fully saturated rings. The van der Waals surface area contributed by atoms with Crippen molar-refractivity contribution in [2.24, 2.45) is 5.92 Å². The number of nitrogens with one attached hydrogen (secondary N) is 1. The second-order valence-electron chi connectivity index (χ2n) is 6.38. The molecule has 1 saturated heterocycles. The molecule has 0 aromatic heterocycles. The number of hydrogen-bond donors (Lipinski definition) is 1. The Labute approximate surface area is 152 Å². The summed E-state index contributed by atoms with van der Waals surface area (Å²) in [5.74, 6) is -0.507. The van der Waals surface area contributed by atoms with Gasteiger partial charge >= 0.3 is 0 Å². The van der Waals surface area contributed by atoms with E-state index in [1.807, 2.05) is 43.3 Å². The van der Waals surface area contributed by atoms with Crippen molar-refractivity contribution in [2.45, 2.75) is 26.7 Å². The maximum atomic E-state index is 12.5. The lowest BCUT2D eigenvalue weighted by molar-refractivity contribution is -0.122. The van der Waals surface area contributed by atoms with Crippen molar-refractivity contribution in [1.29, 1.82) is 0 Å². The molecule has 1 aliphatic heterocycles. The predicted octanol–water partition coefficient (Wildman–Crippen LogP) is 4.20. The van der Waals surface area contributed by atoms with Gasteiger partial charge in [0.25, 0.3) is 0 Å². The van der Waals surface area contributed by atoms with Crippen molar-refractivity contribution in [3.8, 4) is 0 Å². The van der Waals surface area contributed by atoms with Crippen LogP contribution in [0, 0.1) is 12.8 Å². The van der Waals surface area contributed by atoms with Gasteiger partial charge in [0.15, 0.2) is 0 Å². The fourth-order valence-electron chi connectivity index (χ4n) is 3.11. The van der Waals surface area contributed by atoms with Gasteiger partial charge in [0.1, 0.15) is 0 Å². The highest BCUT2D eigenvalue weighted by atomic mass is 35.5. The Morgan fingerprint density at radius 3 is 2.60 bits per heavy atom. The van der Waals surface area contributed by atoms with Crippen LogP contribution in [-0.4, -0.2) is 18.4 Å². The Bertz CT molecular complexity index is 802. The highest BCUT2D eigenvalue weighted by molar-refractivity contribution is 6.30. The number of benzene rings is 2. The second-order valence-corrected chi connectivity index (χ2v) is 6.81. The fraction of sp³-hybridized carbons (Fsp3) is 0.300. The van der Waals surface area contributed by atoms with E-state index in [9.17, 15) is 9.59 Å². The van der Waals surface area contributed by atoms with Crippen LogP contribution in [0.1, 0.15) is 24.5 Å². The van der Waals surface area contributed by atoms with E-state index in [-0.39, 0.29) is 24.2 Å². The molecule has 2 aromatic carbocycles. The Morgan fingerprint density at radius 1 is 1.24 bits per heavy atom. The monoisotopic (exact) mass is 356 g/mol. The number of halogens is 1. The summed E-state index contributed by atoms with van der Waals surface area (Å²) < 4.78 is 0. The number of rotatable bonds is 4. The molecule has 0 aliphatic carbocycles.